The molecule has 0 radical (unpaired) electrons. The first-order valence-corrected chi connectivity index (χ1v) is 20.5. The van der Waals surface area contributed by atoms with E-state index in [4.69, 9.17) is 17.7 Å². The summed E-state index contributed by atoms with van der Waals surface area (Å²) in [5.41, 5.74) is 0. The maximum atomic E-state index is 6.56. The summed E-state index contributed by atoms with van der Waals surface area (Å²) in [6.07, 6.45) is 0. The van der Waals surface area contributed by atoms with E-state index in [9.17, 15) is 0 Å². The second-order valence-electron chi connectivity index (χ2n) is 6.89. The zero-order valence-electron chi connectivity index (χ0n) is 17.7. The van der Waals surface area contributed by atoms with Gasteiger partial charge >= 0.3 is 9.05 Å². The summed E-state index contributed by atoms with van der Waals surface area (Å²) in [5.74, 6) is 1.39. The van der Waals surface area contributed by atoms with Crippen molar-refractivity contribution in [3.8, 4) is 17.2 Å². The molecule has 0 N–H and O–H groups in total. The Bertz CT molecular complexity index is 1150. The molecule has 0 spiro atoms. The summed E-state index contributed by atoms with van der Waals surface area (Å²) >= 11 is 39.2. The highest BCUT2D eigenvalue weighted by Crippen LogP contribution is 2.44. The van der Waals surface area contributed by atoms with Crippen LogP contribution in [0.4, 0.5) is 0 Å². The smallest absolute Gasteiger partial charge is 0.460 e. The van der Waals surface area contributed by atoms with Gasteiger partial charge in [0.2, 0.25) is 0 Å². The number of hydrogen-bond acceptors (Lipinski definition) is 4. The molecule has 0 aliphatic rings. The lowest BCUT2D eigenvalue weighted by Crippen LogP contribution is -2.58. The molecule has 1 atom stereocenters. The van der Waals surface area contributed by atoms with E-state index < -0.39 is 9.05 Å². The molecule has 0 fully saturated rings. The van der Waals surface area contributed by atoms with E-state index in [1.807, 2.05) is 18.2 Å². The summed E-state index contributed by atoms with van der Waals surface area (Å²) in [7, 11) is -4.06. The first-order valence-electron chi connectivity index (χ1n) is 9.70. The molecule has 3 aromatic carbocycles. The molecule has 16 heteroatoms. The van der Waals surface area contributed by atoms with Crippen molar-refractivity contribution >= 4 is 184 Å². The Morgan fingerprint density at radius 3 is 1.16 bits per heavy atom. The standard InChI is InChI=1S/C21H11Br11O4Si/c22-7-9(23)8-33-37(34-13-4-1-10(24)16(27)19(13)30,35-14-5-2-11(25)17(28)20(14)31)36-15-6-3-12(26)18(29)21(15)32/h1-6,9H,7-8H2. The second-order valence-corrected chi connectivity index (χ2v) is 18.1. The molecule has 37 heavy (non-hydrogen) atoms. The second kappa shape index (κ2) is 15.3. The lowest BCUT2D eigenvalue weighted by atomic mass is 10.3. The largest absolute Gasteiger partial charge is 0.893 e. The molecular formula is C21H11Br11O4Si. The fourth-order valence-corrected chi connectivity index (χ4v) is 9.64. The van der Waals surface area contributed by atoms with Crippen LogP contribution in [-0.2, 0) is 4.43 Å². The molecule has 0 aromatic heterocycles. The Labute approximate surface area is 308 Å². The van der Waals surface area contributed by atoms with Crippen LogP contribution in [0, 0.1) is 0 Å². The third kappa shape index (κ3) is 8.77. The fourth-order valence-electron chi connectivity index (χ4n) is 2.55. The molecule has 200 valence electrons. The van der Waals surface area contributed by atoms with Gasteiger partial charge in [0.1, 0.15) is 17.2 Å². The Kier molecular flexibility index (Phi) is 14.1. The van der Waals surface area contributed by atoms with E-state index in [1.165, 1.54) is 0 Å². The molecule has 0 aliphatic heterocycles. The first-order chi connectivity index (χ1) is 17.4. The zero-order chi connectivity index (χ0) is 27.5. The van der Waals surface area contributed by atoms with E-state index in [0.717, 1.165) is 26.8 Å². The number of benzene rings is 3. The Morgan fingerprint density at radius 2 is 0.865 bits per heavy atom. The highest BCUT2D eigenvalue weighted by molar-refractivity contribution is 9.15. The molecule has 4 nitrogen and oxygen atoms in total. The van der Waals surface area contributed by atoms with Crippen molar-refractivity contribution in [1.82, 2.24) is 0 Å². The minimum Gasteiger partial charge on any atom is -0.460 e. The van der Waals surface area contributed by atoms with Crippen molar-refractivity contribution in [2.24, 2.45) is 0 Å². The van der Waals surface area contributed by atoms with E-state index in [0.29, 0.717) is 36.0 Å². The summed E-state index contributed by atoms with van der Waals surface area (Å²) in [5, 5.41) is 0.645. The monoisotopic (exact) mass is 1220 g/mol. The minimum absolute atomic E-state index is 0.0320. The van der Waals surface area contributed by atoms with Gasteiger partial charge in [0.15, 0.2) is 0 Å². The normalized spacial score (nSPS) is 12.4. The van der Waals surface area contributed by atoms with Gasteiger partial charge in [-0.25, -0.2) is 0 Å². The van der Waals surface area contributed by atoms with Gasteiger partial charge < -0.3 is 17.7 Å². The predicted octanol–water partition coefficient (Wildman–Crippen LogP) is 12.7. The summed E-state index contributed by atoms with van der Waals surface area (Å²) in [6, 6.07) is 11.0. The zero-order valence-corrected chi connectivity index (χ0v) is 36.2. The molecule has 3 rings (SSSR count). The van der Waals surface area contributed by atoms with Crippen molar-refractivity contribution < 1.29 is 17.7 Å². The van der Waals surface area contributed by atoms with Crippen molar-refractivity contribution in [3.63, 3.8) is 0 Å². The predicted molar refractivity (Wildman–Crippen MR) is 189 cm³/mol. The van der Waals surface area contributed by atoms with Gasteiger partial charge in [-0.3, -0.25) is 0 Å². The molecule has 0 heterocycles. The van der Waals surface area contributed by atoms with Crippen molar-refractivity contribution in [1.29, 1.82) is 0 Å². The maximum absolute atomic E-state index is 6.56. The van der Waals surface area contributed by atoms with Gasteiger partial charge in [0.25, 0.3) is 0 Å². The number of alkyl halides is 2. The van der Waals surface area contributed by atoms with Crippen molar-refractivity contribution in [2.75, 3.05) is 11.9 Å². The maximum Gasteiger partial charge on any atom is 0.893 e. The van der Waals surface area contributed by atoms with E-state index in [2.05, 4.69) is 175 Å². The van der Waals surface area contributed by atoms with Crippen LogP contribution in [0.25, 0.3) is 0 Å². The minimum atomic E-state index is -4.06. The van der Waals surface area contributed by atoms with Crippen LogP contribution in [-0.4, -0.2) is 25.8 Å². The van der Waals surface area contributed by atoms with Crippen molar-refractivity contribution in [3.05, 3.63) is 76.7 Å². The molecular weight excluding hydrogens is 1220 g/mol. The van der Waals surface area contributed by atoms with Crippen LogP contribution in [0.1, 0.15) is 0 Å². The summed E-state index contributed by atoms with van der Waals surface area (Å²) in [6.45, 7) is 0.234. The molecule has 1 unspecified atom stereocenters. The van der Waals surface area contributed by atoms with E-state index >= 15 is 0 Å². The molecule has 0 amide bonds. The van der Waals surface area contributed by atoms with Gasteiger partial charge in [-0.15, -0.1) is 0 Å². The Balaban J connectivity index is 2.20. The summed E-state index contributed by atoms with van der Waals surface area (Å²) in [4.78, 5) is -0.0320. The first kappa shape index (κ1) is 34.0. The highest BCUT2D eigenvalue weighted by Gasteiger charge is 2.56. The topological polar surface area (TPSA) is 36.9 Å². The lowest BCUT2D eigenvalue weighted by Gasteiger charge is -2.30. The average Bonchev–Trinajstić information content (AvgIpc) is 2.88. The van der Waals surface area contributed by atoms with E-state index in [-0.39, 0.29) is 11.4 Å². The van der Waals surface area contributed by atoms with Crippen LogP contribution >= 0.6 is 175 Å². The molecule has 0 bridgehead atoms. The van der Waals surface area contributed by atoms with Gasteiger partial charge in [-0.05, 0) is 180 Å². The molecule has 0 saturated carbocycles. The van der Waals surface area contributed by atoms with Gasteiger partial charge in [0.05, 0.1) is 20.0 Å². The lowest BCUT2D eigenvalue weighted by molar-refractivity contribution is 0.0924. The Hall–Kier alpha value is 2.52. The molecule has 0 saturated heterocycles. The van der Waals surface area contributed by atoms with Crippen LogP contribution in [0.2, 0.25) is 0 Å². The quantitative estimate of drug-likeness (QED) is 0.115. The van der Waals surface area contributed by atoms with Crippen LogP contribution < -0.4 is 13.3 Å². The number of halogens is 11. The van der Waals surface area contributed by atoms with Gasteiger partial charge in [-0.2, -0.15) is 0 Å². The third-order valence-electron chi connectivity index (χ3n) is 4.31. The number of hydrogen-bond donors (Lipinski definition) is 0. The number of rotatable bonds is 10. The highest BCUT2D eigenvalue weighted by atomic mass is 79.9. The van der Waals surface area contributed by atoms with Crippen LogP contribution in [0.3, 0.4) is 0 Å². The van der Waals surface area contributed by atoms with Gasteiger partial charge in [0, 0.05) is 37.0 Å². The molecule has 0 aliphatic carbocycles. The van der Waals surface area contributed by atoms with Crippen molar-refractivity contribution in [2.45, 2.75) is 4.83 Å². The van der Waals surface area contributed by atoms with Gasteiger partial charge in [-0.1, -0.05) is 31.9 Å². The van der Waals surface area contributed by atoms with Crippen LogP contribution in [0.15, 0.2) is 76.7 Å². The van der Waals surface area contributed by atoms with E-state index in [1.54, 1.807) is 18.2 Å². The van der Waals surface area contributed by atoms with Crippen LogP contribution in [0.5, 0.6) is 17.2 Å². The fraction of sp³-hybridized carbons (Fsp3) is 0.143. The molecule has 3 aromatic rings. The average molecular weight is 1230 g/mol. The SMILES string of the molecule is BrCC(Br)CO[Si](Oc1ccc(Br)c(Br)c1Br)(Oc1ccc(Br)c(Br)c1Br)Oc1ccc(Br)c(Br)c1Br. The Morgan fingerprint density at radius 1 is 0.541 bits per heavy atom. The summed E-state index contributed by atoms with van der Waals surface area (Å²) < 4.78 is 33.0. The third-order valence-corrected chi connectivity index (χ3v) is 18.5.